The van der Waals surface area contributed by atoms with Crippen molar-refractivity contribution in [2.24, 2.45) is 0 Å². The molecule has 0 unspecified atom stereocenters. The molecule has 0 atom stereocenters. The molecule has 0 heterocycles. The Morgan fingerprint density at radius 3 is 1.76 bits per heavy atom. The lowest BCUT2D eigenvalue weighted by atomic mass is 10.4. The van der Waals surface area contributed by atoms with Gasteiger partial charge in [0.1, 0.15) is 4.90 Å². The first-order chi connectivity index (χ1) is 7.17. The first kappa shape index (κ1) is 16.4. The summed E-state index contributed by atoms with van der Waals surface area (Å²) in [4.78, 5) is -0.948. The van der Waals surface area contributed by atoms with Crippen LogP contribution in [0.15, 0.2) is 34.1 Å². The van der Waals surface area contributed by atoms with Crippen LogP contribution in [0.1, 0.15) is 13.8 Å². The fourth-order valence-electron chi connectivity index (χ4n) is 1.15. The lowest BCUT2D eigenvalue weighted by Gasteiger charge is -2.10. The summed E-state index contributed by atoms with van der Waals surface area (Å²) >= 11 is 0. The zero-order valence-corrected chi connectivity index (χ0v) is 11.6. The van der Waals surface area contributed by atoms with Crippen molar-refractivity contribution in [2.45, 2.75) is 28.9 Å². The molecule has 8 heteroatoms. The molecule has 0 spiro atoms. The number of benzene rings is 1. The van der Waals surface area contributed by atoms with E-state index in [1.807, 2.05) is 0 Å². The molecule has 1 aromatic carbocycles. The van der Waals surface area contributed by atoms with Crippen LogP contribution in [0.4, 0.5) is 0 Å². The molecular formula is C9H13ClO5S2. The minimum atomic E-state index is -4.53. The molecule has 17 heavy (non-hydrogen) atoms. The van der Waals surface area contributed by atoms with Crippen molar-refractivity contribution in [3.8, 4) is 0 Å². The van der Waals surface area contributed by atoms with Crippen LogP contribution < -0.4 is 0 Å². The first-order valence-electron chi connectivity index (χ1n) is 4.48. The van der Waals surface area contributed by atoms with Crippen molar-refractivity contribution >= 4 is 32.4 Å². The van der Waals surface area contributed by atoms with Crippen LogP contribution in [0.3, 0.4) is 0 Å². The van der Waals surface area contributed by atoms with Gasteiger partial charge in [-0.15, -0.1) is 12.4 Å². The van der Waals surface area contributed by atoms with Gasteiger partial charge in [-0.25, -0.2) is 8.42 Å². The van der Waals surface area contributed by atoms with Crippen LogP contribution in [0.2, 0.25) is 0 Å². The van der Waals surface area contributed by atoms with Crippen LogP contribution in [-0.2, 0) is 20.0 Å². The predicted octanol–water partition coefficient (Wildman–Crippen LogP) is 1.54. The maximum atomic E-state index is 11.8. The lowest BCUT2D eigenvalue weighted by Crippen LogP contribution is -2.17. The minimum Gasteiger partial charge on any atom is -0.282 e. The predicted molar refractivity (Wildman–Crippen MR) is 65.8 cm³/mol. The van der Waals surface area contributed by atoms with Crippen molar-refractivity contribution in [3.63, 3.8) is 0 Å². The molecule has 1 aromatic rings. The summed E-state index contributed by atoms with van der Waals surface area (Å²) in [6.45, 7) is 2.88. The zero-order chi connectivity index (χ0) is 12.6. The van der Waals surface area contributed by atoms with Gasteiger partial charge in [-0.1, -0.05) is 12.1 Å². The van der Waals surface area contributed by atoms with Crippen molar-refractivity contribution < 1.29 is 21.4 Å². The topological polar surface area (TPSA) is 88.5 Å². The van der Waals surface area contributed by atoms with Gasteiger partial charge >= 0.3 is 0 Å². The van der Waals surface area contributed by atoms with E-state index in [0.717, 1.165) is 6.07 Å². The van der Waals surface area contributed by atoms with Crippen molar-refractivity contribution in [3.05, 3.63) is 24.3 Å². The number of hydrogen-bond acceptors (Lipinski definition) is 4. The molecule has 0 saturated carbocycles. The fourth-order valence-corrected chi connectivity index (χ4v) is 3.51. The van der Waals surface area contributed by atoms with Gasteiger partial charge in [0.2, 0.25) is 0 Å². The van der Waals surface area contributed by atoms with Gasteiger partial charge < -0.3 is 0 Å². The van der Waals surface area contributed by atoms with Crippen molar-refractivity contribution in [1.29, 1.82) is 0 Å². The van der Waals surface area contributed by atoms with Crippen molar-refractivity contribution in [1.82, 2.24) is 0 Å². The Morgan fingerprint density at radius 1 is 1.00 bits per heavy atom. The maximum Gasteiger partial charge on any atom is 0.295 e. The second-order valence-corrected chi connectivity index (χ2v) is 7.38. The quantitative estimate of drug-likeness (QED) is 0.855. The number of rotatable bonds is 3. The van der Waals surface area contributed by atoms with Gasteiger partial charge in [0.25, 0.3) is 10.1 Å². The molecule has 0 aliphatic heterocycles. The molecule has 0 aliphatic rings. The summed E-state index contributed by atoms with van der Waals surface area (Å²) in [6.07, 6.45) is 0. The lowest BCUT2D eigenvalue weighted by molar-refractivity contribution is 0.479. The van der Waals surface area contributed by atoms with E-state index in [2.05, 4.69) is 0 Å². The molecule has 98 valence electrons. The first-order valence-corrected chi connectivity index (χ1v) is 7.46. The second-order valence-electron chi connectivity index (χ2n) is 3.52. The average Bonchev–Trinajstić information content (AvgIpc) is 2.16. The molecule has 0 fully saturated rings. The third-order valence-corrected chi connectivity index (χ3v) is 5.31. The monoisotopic (exact) mass is 300 g/mol. The fraction of sp³-hybridized carbons (Fsp3) is 0.333. The van der Waals surface area contributed by atoms with Crippen molar-refractivity contribution in [2.75, 3.05) is 0 Å². The molecule has 0 amide bonds. The highest BCUT2D eigenvalue weighted by atomic mass is 35.5. The highest BCUT2D eigenvalue weighted by molar-refractivity contribution is 7.93. The van der Waals surface area contributed by atoms with E-state index < -0.39 is 30.1 Å². The zero-order valence-electron chi connectivity index (χ0n) is 9.19. The molecule has 0 aliphatic carbocycles. The van der Waals surface area contributed by atoms with E-state index in [1.54, 1.807) is 0 Å². The Morgan fingerprint density at radius 2 is 1.41 bits per heavy atom. The highest BCUT2D eigenvalue weighted by Crippen LogP contribution is 2.23. The number of hydrogen-bond donors (Lipinski definition) is 1. The van der Waals surface area contributed by atoms with Crippen LogP contribution >= 0.6 is 12.4 Å². The summed E-state index contributed by atoms with van der Waals surface area (Å²) in [6, 6.07) is 4.98. The van der Waals surface area contributed by atoms with E-state index in [9.17, 15) is 16.8 Å². The Bertz CT molecular complexity index is 590. The molecule has 1 rings (SSSR count). The maximum absolute atomic E-state index is 11.8. The standard InChI is InChI=1S/C9H12O5S2.ClH/c1-7(2)15(10,11)8-5-3-4-6-9(8)16(12,13)14;/h3-7H,1-2H3,(H,12,13,14);1H. The minimum absolute atomic E-state index is 0. The Balaban J connectivity index is 0.00000256. The number of sulfone groups is 1. The summed E-state index contributed by atoms with van der Waals surface area (Å²) < 4.78 is 54.6. The van der Waals surface area contributed by atoms with E-state index in [1.165, 1.54) is 32.0 Å². The number of halogens is 1. The second kappa shape index (κ2) is 5.34. The SMILES string of the molecule is CC(C)S(=O)(=O)c1ccccc1S(=O)(=O)O.Cl. The van der Waals surface area contributed by atoms with Gasteiger partial charge in [-0.2, -0.15) is 8.42 Å². The van der Waals surface area contributed by atoms with Crippen LogP contribution in [0.5, 0.6) is 0 Å². The van der Waals surface area contributed by atoms with Gasteiger partial charge in [0, 0.05) is 0 Å². The molecule has 1 N–H and O–H groups in total. The molecular weight excluding hydrogens is 288 g/mol. The van der Waals surface area contributed by atoms with E-state index >= 15 is 0 Å². The molecule has 0 aromatic heterocycles. The smallest absolute Gasteiger partial charge is 0.282 e. The van der Waals surface area contributed by atoms with E-state index in [-0.39, 0.29) is 17.3 Å². The molecule has 0 bridgehead atoms. The average molecular weight is 301 g/mol. The van der Waals surface area contributed by atoms with Gasteiger partial charge in [-0.05, 0) is 26.0 Å². The van der Waals surface area contributed by atoms with E-state index in [4.69, 9.17) is 4.55 Å². The van der Waals surface area contributed by atoms with Gasteiger partial charge in [0.05, 0.1) is 10.1 Å². The Kier molecular flexibility index (Phi) is 5.15. The van der Waals surface area contributed by atoms with E-state index in [0.29, 0.717) is 0 Å². The summed E-state index contributed by atoms with van der Waals surface area (Å²) in [5.74, 6) is 0. The molecule has 5 nitrogen and oxygen atoms in total. The highest BCUT2D eigenvalue weighted by Gasteiger charge is 2.27. The summed E-state index contributed by atoms with van der Waals surface area (Å²) in [5, 5.41) is -0.754. The van der Waals surface area contributed by atoms with Gasteiger partial charge in [0.15, 0.2) is 9.84 Å². The largest absolute Gasteiger partial charge is 0.295 e. The molecule has 0 saturated heterocycles. The Labute approximate surface area is 107 Å². The van der Waals surface area contributed by atoms with Gasteiger partial charge in [-0.3, -0.25) is 4.55 Å². The van der Waals surface area contributed by atoms with Crippen LogP contribution in [0, 0.1) is 0 Å². The van der Waals surface area contributed by atoms with Crippen LogP contribution in [-0.4, -0.2) is 26.6 Å². The normalized spacial score (nSPS) is 12.2. The summed E-state index contributed by atoms with van der Waals surface area (Å²) in [7, 11) is -8.26. The molecule has 0 radical (unpaired) electrons. The third kappa shape index (κ3) is 3.41. The third-order valence-electron chi connectivity index (χ3n) is 2.05. The summed E-state index contributed by atoms with van der Waals surface area (Å²) in [5.41, 5.74) is 0. The van der Waals surface area contributed by atoms with Crippen LogP contribution in [0.25, 0.3) is 0 Å². The Hall–Kier alpha value is -0.630.